The summed E-state index contributed by atoms with van der Waals surface area (Å²) in [5.41, 5.74) is 0.728. The summed E-state index contributed by atoms with van der Waals surface area (Å²) < 4.78 is 10.6. The summed E-state index contributed by atoms with van der Waals surface area (Å²) in [6.45, 7) is 8.56. The van der Waals surface area contributed by atoms with E-state index in [4.69, 9.17) is 9.47 Å². The number of thioether (sulfide) groups is 1. The van der Waals surface area contributed by atoms with E-state index in [0.717, 1.165) is 24.8 Å². The van der Waals surface area contributed by atoms with Crippen LogP contribution in [0.5, 0.6) is 0 Å². The fraction of sp³-hybridized carbons (Fsp3) is 0.619. The van der Waals surface area contributed by atoms with Gasteiger partial charge in [0.15, 0.2) is 0 Å². The van der Waals surface area contributed by atoms with Gasteiger partial charge in [-0.1, -0.05) is 70.9 Å². The number of esters is 1. The summed E-state index contributed by atoms with van der Waals surface area (Å²) in [6.07, 6.45) is 2.47. The van der Waals surface area contributed by atoms with Gasteiger partial charge >= 0.3 is 12.1 Å². The average Bonchev–Trinajstić information content (AvgIpc) is 3.04. The summed E-state index contributed by atoms with van der Waals surface area (Å²) >= 11 is 1.69. The minimum Gasteiger partial charge on any atom is -0.467 e. The molecule has 1 aromatic carbocycles. The molecule has 1 aromatic rings. The number of amides is 1. The van der Waals surface area contributed by atoms with E-state index in [2.05, 4.69) is 27.7 Å². The third-order valence-electron chi connectivity index (χ3n) is 4.65. The molecule has 0 unspecified atom stereocenters. The van der Waals surface area contributed by atoms with E-state index in [9.17, 15) is 9.59 Å². The van der Waals surface area contributed by atoms with Crippen molar-refractivity contribution in [3.63, 3.8) is 0 Å². The number of benzene rings is 1. The van der Waals surface area contributed by atoms with Crippen molar-refractivity contribution in [3.8, 4) is 0 Å². The van der Waals surface area contributed by atoms with Crippen LogP contribution in [0.4, 0.5) is 4.79 Å². The van der Waals surface area contributed by atoms with Gasteiger partial charge in [0.1, 0.15) is 12.6 Å². The smallest absolute Gasteiger partial charge is 0.411 e. The van der Waals surface area contributed by atoms with Crippen molar-refractivity contribution in [2.45, 2.75) is 70.2 Å². The average molecular weight is 394 g/mol. The molecule has 5 nitrogen and oxygen atoms in total. The van der Waals surface area contributed by atoms with Crippen LogP contribution in [0.25, 0.3) is 0 Å². The summed E-state index contributed by atoms with van der Waals surface area (Å²) in [7, 11) is 1.38. The molecule has 1 saturated heterocycles. The second kappa shape index (κ2) is 9.49. The molecule has 0 spiro atoms. The van der Waals surface area contributed by atoms with Crippen molar-refractivity contribution in [1.82, 2.24) is 4.90 Å². The van der Waals surface area contributed by atoms with Gasteiger partial charge in [-0.3, -0.25) is 4.90 Å². The number of carbonyl (C=O) groups is 2. The molecule has 150 valence electrons. The molecular weight excluding hydrogens is 362 g/mol. The first-order chi connectivity index (χ1) is 12.8. The standard InChI is InChI=1S/C21H31NO4S/c1-6-7-13-16-17(18(23)25-5)22(19(27-16)21(2,3)4)20(24)26-14-15-11-9-8-10-12-15/h8-12,16-17,19H,6-7,13-14H2,1-5H3/t16-,17+,19-/m1/s1. The zero-order chi connectivity index (χ0) is 20.0. The topological polar surface area (TPSA) is 55.8 Å². The number of ether oxygens (including phenoxy) is 2. The molecule has 6 heteroatoms. The maximum absolute atomic E-state index is 13.0. The van der Waals surface area contributed by atoms with Crippen molar-refractivity contribution in [2.24, 2.45) is 5.41 Å². The molecule has 0 aromatic heterocycles. The quantitative estimate of drug-likeness (QED) is 0.647. The second-order valence-electron chi connectivity index (χ2n) is 7.95. The minimum absolute atomic E-state index is 0.0194. The van der Waals surface area contributed by atoms with E-state index >= 15 is 0 Å². The number of hydrogen-bond donors (Lipinski definition) is 0. The van der Waals surface area contributed by atoms with Crippen molar-refractivity contribution >= 4 is 23.8 Å². The molecule has 27 heavy (non-hydrogen) atoms. The Kier molecular flexibility index (Phi) is 7.59. The lowest BCUT2D eigenvalue weighted by atomic mass is 9.94. The van der Waals surface area contributed by atoms with Gasteiger partial charge < -0.3 is 9.47 Å². The number of rotatable bonds is 6. The lowest BCUT2D eigenvalue weighted by Crippen LogP contribution is -2.51. The number of nitrogens with zero attached hydrogens (tertiary/aromatic N) is 1. The largest absolute Gasteiger partial charge is 0.467 e. The van der Waals surface area contributed by atoms with Crippen LogP contribution in [0.15, 0.2) is 30.3 Å². The van der Waals surface area contributed by atoms with E-state index in [-0.39, 0.29) is 28.6 Å². The molecule has 1 aliphatic heterocycles. The lowest BCUT2D eigenvalue weighted by molar-refractivity contribution is -0.146. The second-order valence-corrected chi connectivity index (χ2v) is 9.27. The van der Waals surface area contributed by atoms with Gasteiger partial charge in [0, 0.05) is 5.25 Å². The molecule has 0 N–H and O–H groups in total. The predicted octanol–water partition coefficient (Wildman–Crippen LogP) is 4.84. The normalized spacial score (nSPS) is 22.6. The highest BCUT2D eigenvalue weighted by molar-refractivity contribution is 8.00. The number of carbonyl (C=O) groups excluding carboxylic acids is 2. The highest BCUT2D eigenvalue weighted by atomic mass is 32.2. The fourth-order valence-corrected chi connectivity index (χ4v) is 5.05. The summed E-state index contributed by atoms with van der Waals surface area (Å²) in [5, 5.41) is -0.127. The first-order valence-electron chi connectivity index (χ1n) is 9.52. The first kappa shape index (κ1) is 21.6. The van der Waals surface area contributed by atoms with Crippen molar-refractivity contribution in [2.75, 3.05) is 7.11 Å². The molecule has 3 atom stereocenters. The van der Waals surface area contributed by atoms with Gasteiger partial charge in [-0.05, 0) is 17.4 Å². The van der Waals surface area contributed by atoms with Gasteiger partial charge in [-0.25, -0.2) is 9.59 Å². The van der Waals surface area contributed by atoms with Crippen molar-refractivity contribution in [3.05, 3.63) is 35.9 Å². The monoisotopic (exact) mass is 393 g/mol. The number of methoxy groups -OCH3 is 1. The molecule has 1 heterocycles. The first-order valence-corrected chi connectivity index (χ1v) is 10.5. The van der Waals surface area contributed by atoms with Crippen LogP contribution >= 0.6 is 11.8 Å². The highest BCUT2D eigenvalue weighted by Crippen LogP contribution is 2.46. The summed E-state index contributed by atoms with van der Waals surface area (Å²) in [5.74, 6) is -0.369. The van der Waals surface area contributed by atoms with Gasteiger partial charge in [-0.2, -0.15) is 0 Å². The van der Waals surface area contributed by atoms with E-state index in [1.54, 1.807) is 16.7 Å². The minimum atomic E-state index is -0.612. The van der Waals surface area contributed by atoms with Crippen LogP contribution < -0.4 is 0 Å². The van der Waals surface area contributed by atoms with E-state index in [1.807, 2.05) is 30.3 Å². The molecule has 2 rings (SSSR count). The Labute approximate surface area is 166 Å². The highest BCUT2D eigenvalue weighted by Gasteiger charge is 2.52. The van der Waals surface area contributed by atoms with Crippen LogP contribution in [0.1, 0.15) is 52.5 Å². The molecular formula is C21H31NO4S. The van der Waals surface area contributed by atoms with Crippen LogP contribution in [0, 0.1) is 5.41 Å². The Bertz CT molecular complexity index is 629. The van der Waals surface area contributed by atoms with E-state index in [1.165, 1.54) is 7.11 Å². The predicted molar refractivity (Wildman–Crippen MR) is 108 cm³/mol. The molecule has 0 aliphatic carbocycles. The van der Waals surface area contributed by atoms with Crippen molar-refractivity contribution < 1.29 is 19.1 Å². The fourth-order valence-electron chi connectivity index (χ4n) is 3.27. The van der Waals surface area contributed by atoms with Gasteiger partial charge in [0.2, 0.25) is 0 Å². The third kappa shape index (κ3) is 5.41. The lowest BCUT2D eigenvalue weighted by Gasteiger charge is -2.35. The molecule has 1 aliphatic rings. The Morgan fingerprint density at radius 2 is 1.85 bits per heavy atom. The maximum Gasteiger partial charge on any atom is 0.411 e. The van der Waals surface area contributed by atoms with Crippen LogP contribution in [-0.2, 0) is 20.9 Å². The number of hydrogen-bond acceptors (Lipinski definition) is 5. The third-order valence-corrected chi connectivity index (χ3v) is 6.68. The summed E-state index contributed by atoms with van der Waals surface area (Å²) in [4.78, 5) is 27.2. The Morgan fingerprint density at radius 3 is 2.41 bits per heavy atom. The van der Waals surface area contributed by atoms with Gasteiger partial charge in [0.25, 0.3) is 0 Å². The van der Waals surface area contributed by atoms with Crippen LogP contribution in [0.3, 0.4) is 0 Å². The van der Waals surface area contributed by atoms with Gasteiger partial charge in [0.05, 0.1) is 12.5 Å². The van der Waals surface area contributed by atoms with Gasteiger partial charge in [-0.15, -0.1) is 11.8 Å². The molecule has 1 fully saturated rings. The zero-order valence-electron chi connectivity index (χ0n) is 16.9. The summed E-state index contributed by atoms with van der Waals surface area (Å²) in [6, 6.07) is 8.95. The van der Waals surface area contributed by atoms with Crippen LogP contribution in [0.2, 0.25) is 0 Å². The van der Waals surface area contributed by atoms with Crippen LogP contribution in [-0.4, -0.2) is 40.7 Å². The Morgan fingerprint density at radius 1 is 1.19 bits per heavy atom. The Balaban J connectivity index is 2.24. The van der Waals surface area contributed by atoms with Crippen molar-refractivity contribution in [1.29, 1.82) is 0 Å². The van der Waals surface area contributed by atoms with E-state index in [0.29, 0.717) is 0 Å². The Hall–Kier alpha value is -1.69. The SMILES string of the molecule is CCCC[C@H]1S[C@H](C(C)(C)C)N(C(=O)OCc2ccccc2)[C@@H]1C(=O)OC. The van der Waals surface area contributed by atoms with E-state index < -0.39 is 12.1 Å². The zero-order valence-corrected chi connectivity index (χ0v) is 17.8. The molecule has 0 radical (unpaired) electrons. The number of unbranched alkanes of at least 4 members (excludes halogenated alkanes) is 1. The molecule has 1 amide bonds. The molecule has 0 bridgehead atoms. The maximum atomic E-state index is 13.0. The molecule has 0 saturated carbocycles.